The molecule has 1 amide bonds. The third-order valence-electron chi connectivity index (χ3n) is 2.87. The van der Waals surface area contributed by atoms with E-state index in [0.717, 1.165) is 11.3 Å². The van der Waals surface area contributed by atoms with Crippen LogP contribution >= 0.6 is 34.5 Å². The summed E-state index contributed by atoms with van der Waals surface area (Å²) in [6.07, 6.45) is 0.273. The van der Waals surface area contributed by atoms with Crippen LogP contribution < -0.4 is 5.32 Å². The average molecular weight is 324 g/mol. The van der Waals surface area contributed by atoms with Gasteiger partial charge in [0.15, 0.2) is 0 Å². The molecular formula is C11H11Cl2NO4S. The highest BCUT2D eigenvalue weighted by molar-refractivity contribution is 7.20. The number of amides is 1. The van der Waals surface area contributed by atoms with Crippen molar-refractivity contribution in [3.8, 4) is 0 Å². The highest BCUT2D eigenvalue weighted by Crippen LogP contribution is 2.32. The Bertz CT molecular complexity index is 511. The number of thiophene rings is 1. The van der Waals surface area contributed by atoms with Gasteiger partial charge in [-0.05, 0) is 12.5 Å². The lowest BCUT2D eigenvalue weighted by atomic mass is 9.94. The largest absolute Gasteiger partial charge is 0.481 e. The van der Waals surface area contributed by atoms with Gasteiger partial charge in [0.25, 0.3) is 5.91 Å². The standard InChI is InChI=1S/C11H11Cl2NO4S/c12-7-3-6(9(13)19-7)10(17)14-11(4-8(15)16)1-2-18-5-11/h3H,1-2,4-5H2,(H,14,17)(H,15,16). The molecule has 0 aromatic carbocycles. The fourth-order valence-corrected chi connectivity index (χ4v) is 3.44. The highest BCUT2D eigenvalue weighted by Gasteiger charge is 2.39. The first kappa shape index (κ1) is 14.6. The minimum absolute atomic E-state index is 0.181. The summed E-state index contributed by atoms with van der Waals surface area (Å²) in [6.45, 7) is 0.603. The number of carboxylic acid groups (broad SMARTS) is 1. The molecule has 1 aliphatic rings. The van der Waals surface area contributed by atoms with Crippen molar-refractivity contribution in [3.05, 3.63) is 20.3 Å². The molecule has 1 atom stereocenters. The summed E-state index contributed by atoms with van der Waals surface area (Å²) in [7, 11) is 0. The fraction of sp³-hybridized carbons (Fsp3) is 0.455. The molecule has 0 aliphatic carbocycles. The molecule has 0 bridgehead atoms. The van der Waals surface area contributed by atoms with Crippen molar-refractivity contribution in [2.75, 3.05) is 13.2 Å². The first-order chi connectivity index (χ1) is 8.92. The number of hydrogen-bond acceptors (Lipinski definition) is 4. The van der Waals surface area contributed by atoms with Crippen LogP contribution in [-0.4, -0.2) is 35.7 Å². The Hall–Kier alpha value is -0.820. The van der Waals surface area contributed by atoms with Gasteiger partial charge in [-0.3, -0.25) is 9.59 Å². The summed E-state index contributed by atoms with van der Waals surface area (Å²) in [5, 5.41) is 11.6. The summed E-state index contributed by atoms with van der Waals surface area (Å²) < 4.78 is 5.89. The summed E-state index contributed by atoms with van der Waals surface area (Å²) in [4.78, 5) is 23.0. The zero-order chi connectivity index (χ0) is 14.0. The molecule has 1 aliphatic heterocycles. The molecule has 0 spiro atoms. The Morgan fingerprint density at radius 2 is 2.26 bits per heavy atom. The third kappa shape index (κ3) is 3.39. The number of carboxylic acids is 1. The van der Waals surface area contributed by atoms with Crippen LogP contribution in [0.1, 0.15) is 23.2 Å². The van der Waals surface area contributed by atoms with Crippen LogP contribution in [0.2, 0.25) is 8.67 Å². The van der Waals surface area contributed by atoms with Gasteiger partial charge in [0.05, 0.1) is 28.5 Å². The van der Waals surface area contributed by atoms with Crippen molar-refractivity contribution < 1.29 is 19.4 Å². The van der Waals surface area contributed by atoms with E-state index in [-0.39, 0.29) is 22.9 Å². The summed E-state index contributed by atoms with van der Waals surface area (Å²) in [5.41, 5.74) is -0.617. The van der Waals surface area contributed by atoms with E-state index >= 15 is 0 Å². The normalized spacial score (nSPS) is 22.4. The van der Waals surface area contributed by atoms with Gasteiger partial charge in [-0.1, -0.05) is 23.2 Å². The van der Waals surface area contributed by atoms with Crippen molar-refractivity contribution in [3.63, 3.8) is 0 Å². The van der Waals surface area contributed by atoms with E-state index in [1.165, 1.54) is 6.07 Å². The average Bonchev–Trinajstić information content (AvgIpc) is 2.85. The van der Waals surface area contributed by atoms with Gasteiger partial charge in [0.1, 0.15) is 4.34 Å². The third-order valence-corrected chi connectivity index (χ3v) is 4.36. The number of aliphatic carboxylic acids is 1. The Morgan fingerprint density at radius 3 is 2.74 bits per heavy atom. The molecule has 2 heterocycles. The lowest BCUT2D eigenvalue weighted by Crippen LogP contribution is -2.50. The van der Waals surface area contributed by atoms with Crippen LogP contribution in [0.25, 0.3) is 0 Å². The van der Waals surface area contributed by atoms with E-state index in [0.29, 0.717) is 17.4 Å². The van der Waals surface area contributed by atoms with Crippen LogP contribution in [-0.2, 0) is 9.53 Å². The molecular weight excluding hydrogens is 313 g/mol. The predicted molar refractivity (Wildman–Crippen MR) is 72.2 cm³/mol. The number of ether oxygens (including phenoxy) is 1. The molecule has 1 fully saturated rings. The van der Waals surface area contributed by atoms with Crippen molar-refractivity contribution >= 4 is 46.4 Å². The van der Waals surface area contributed by atoms with Gasteiger partial charge >= 0.3 is 5.97 Å². The second-order valence-electron chi connectivity index (χ2n) is 4.35. The Balaban J connectivity index is 2.15. The van der Waals surface area contributed by atoms with E-state index in [4.69, 9.17) is 33.0 Å². The predicted octanol–water partition coefficient (Wildman–Crippen LogP) is 2.42. The lowest BCUT2D eigenvalue weighted by molar-refractivity contribution is -0.138. The minimum atomic E-state index is -0.986. The van der Waals surface area contributed by atoms with E-state index in [9.17, 15) is 9.59 Å². The minimum Gasteiger partial charge on any atom is -0.481 e. The Labute approximate surface area is 123 Å². The van der Waals surface area contributed by atoms with Gasteiger partial charge in [-0.2, -0.15) is 0 Å². The number of halogens is 2. The van der Waals surface area contributed by atoms with Crippen LogP contribution in [0, 0.1) is 0 Å². The monoisotopic (exact) mass is 323 g/mol. The summed E-state index contributed by atoms with van der Waals surface area (Å²) in [5.74, 6) is -1.42. The zero-order valence-corrected chi connectivity index (χ0v) is 12.1. The first-order valence-corrected chi connectivity index (χ1v) is 7.06. The smallest absolute Gasteiger partial charge is 0.305 e. The number of rotatable bonds is 4. The van der Waals surface area contributed by atoms with Crippen molar-refractivity contribution in [2.24, 2.45) is 0 Å². The number of hydrogen-bond donors (Lipinski definition) is 2. The summed E-state index contributed by atoms with van der Waals surface area (Å²) in [6, 6.07) is 1.47. The van der Waals surface area contributed by atoms with Gasteiger partial charge in [0.2, 0.25) is 0 Å². The summed E-state index contributed by atoms with van der Waals surface area (Å²) >= 11 is 12.8. The number of carbonyl (C=O) groups excluding carboxylic acids is 1. The SMILES string of the molecule is O=C(O)CC1(NC(=O)c2cc(Cl)sc2Cl)CCOC1. The number of carbonyl (C=O) groups is 2. The van der Waals surface area contributed by atoms with Crippen molar-refractivity contribution in [1.29, 1.82) is 0 Å². The molecule has 104 valence electrons. The van der Waals surface area contributed by atoms with Crippen LogP contribution in [0.5, 0.6) is 0 Å². The fourth-order valence-electron chi connectivity index (χ4n) is 1.98. The number of nitrogens with one attached hydrogen (secondary N) is 1. The van der Waals surface area contributed by atoms with E-state index < -0.39 is 17.4 Å². The van der Waals surface area contributed by atoms with Crippen molar-refractivity contribution in [1.82, 2.24) is 5.32 Å². The van der Waals surface area contributed by atoms with E-state index in [1.807, 2.05) is 0 Å². The molecule has 2 rings (SSSR count). The van der Waals surface area contributed by atoms with Crippen LogP contribution in [0.4, 0.5) is 0 Å². The topological polar surface area (TPSA) is 75.6 Å². The molecule has 0 saturated carbocycles. The van der Waals surface area contributed by atoms with Gasteiger partial charge < -0.3 is 15.2 Å². The quantitative estimate of drug-likeness (QED) is 0.892. The molecule has 1 saturated heterocycles. The molecule has 1 aromatic rings. The van der Waals surface area contributed by atoms with E-state index in [1.54, 1.807) is 0 Å². The molecule has 1 aromatic heterocycles. The van der Waals surface area contributed by atoms with Crippen LogP contribution in [0.3, 0.4) is 0 Å². The second-order valence-corrected chi connectivity index (χ2v) is 6.63. The maximum absolute atomic E-state index is 12.1. The second kappa shape index (κ2) is 5.66. The molecule has 19 heavy (non-hydrogen) atoms. The molecule has 5 nitrogen and oxygen atoms in total. The maximum atomic E-state index is 12.1. The Kier molecular flexibility index (Phi) is 4.35. The zero-order valence-electron chi connectivity index (χ0n) is 9.74. The first-order valence-electron chi connectivity index (χ1n) is 5.49. The molecule has 8 heteroatoms. The van der Waals surface area contributed by atoms with E-state index in [2.05, 4.69) is 5.32 Å². The van der Waals surface area contributed by atoms with Crippen molar-refractivity contribution in [2.45, 2.75) is 18.4 Å². The highest BCUT2D eigenvalue weighted by atomic mass is 35.5. The van der Waals surface area contributed by atoms with Crippen LogP contribution in [0.15, 0.2) is 6.07 Å². The van der Waals surface area contributed by atoms with Gasteiger partial charge in [-0.15, -0.1) is 11.3 Å². The maximum Gasteiger partial charge on any atom is 0.305 e. The lowest BCUT2D eigenvalue weighted by Gasteiger charge is -2.26. The van der Waals surface area contributed by atoms with Gasteiger partial charge in [-0.25, -0.2) is 0 Å². The Morgan fingerprint density at radius 1 is 1.53 bits per heavy atom. The van der Waals surface area contributed by atoms with Gasteiger partial charge in [0, 0.05) is 6.61 Å². The molecule has 1 unspecified atom stereocenters. The molecule has 2 N–H and O–H groups in total. The molecule has 0 radical (unpaired) electrons.